The van der Waals surface area contributed by atoms with E-state index < -0.39 is 11.6 Å². The standard InChI is InChI=1S/C12H17N3O3/c1-12(2,3)18-11(17)7-6-10(16)14-9-5-4-8-13-15-9/h4-5,8H,6-7H2,1-3H3,(H,14,15,16). The average Bonchev–Trinajstić information content (AvgIpc) is 2.25. The van der Waals surface area contributed by atoms with E-state index in [1.807, 2.05) is 0 Å². The molecule has 1 aromatic heterocycles. The molecule has 18 heavy (non-hydrogen) atoms. The van der Waals surface area contributed by atoms with Crippen molar-refractivity contribution >= 4 is 17.7 Å². The van der Waals surface area contributed by atoms with Crippen molar-refractivity contribution in [3.63, 3.8) is 0 Å². The number of carbonyl (C=O) groups excluding carboxylic acids is 2. The van der Waals surface area contributed by atoms with Crippen molar-refractivity contribution in [1.82, 2.24) is 10.2 Å². The molecule has 1 heterocycles. The molecule has 0 unspecified atom stereocenters. The molecule has 0 saturated heterocycles. The Kier molecular flexibility index (Phi) is 4.76. The Morgan fingerprint density at radius 3 is 2.61 bits per heavy atom. The van der Waals surface area contributed by atoms with Gasteiger partial charge >= 0.3 is 5.97 Å². The quantitative estimate of drug-likeness (QED) is 0.821. The number of nitrogens with zero attached hydrogens (tertiary/aromatic N) is 2. The molecule has 0 aromatic carbocycles. The maximum Gasteiger partial charge on any atom is 0.306 e. The third-order valence-electron chi connectivity index (χ3n) is 1.82. The zero-order valence-corrected chi connectivity index (χ0v) is 10.8. The maximum absolute atomic E-state index is 11.5. The Morgan fingerprint density at radius 1 is 1.33 bits per heavy atom. The highest BCUT2D eigenvalue weighted by molar-refractivity contribution is 5.91. The molecule has 0 bridgehead atoms. The summed E-state index contributed by atoms with van der Waals surface area (Å²) in [7, 11) is 0. The molecule has 0 saturated carbocycles. The van der Waals surface area contributed by atoms with Crippen molar-refractivity contribution in [2.75, 3.05) is 5.32 Å². The zero-order chi connectivity index (χ0) is 13.6. The number of esters is 1. The molecule has 1 rings (SSSR count). The monoisotopic (exact) mass is 251 g/mol. The van der Waals surface area contributed by atoms with Gasteiger partial charge < -0.3 is 10.1 Å². The molecule has 0 radical (unpaired) electrons. The van der Waals surface area contributed by atoms with Crippen molar-refractivity contribution in [3.05, 3.63) is 18.3 Å². The summed E-state index contributed by atoms with van der Waals surface area (Å²) >= 11 is 0. The first-order valence-electron chi connectivity index (χ1n) is 5.66. The molecule has 0 fully saturated rings. The van der Waals surface area contributed by atoms with Gasteiger partial charge in [0.05, 0.1) is 6.42 Å². The van der Waals surface area contributed by atoms with E-state index in [0.717, 1.165) is 0 Å². The van der Waals surface area contributed by atoms with E-state index in [4.69, 9.17) is 4.74 Å². The SMILES string of the molecule is CC(C)(C)OC(=O)CCC(=O)Nc1cccnn1. The van der Waals surface area contributed by atoms with E-state index in [1.165, 1.54) is 6.20 Å². The summed E-state index contributed by atoms with van der Waals surface area (Å²) in [4.78, 5) is 22.9. The van der Waals surface area contributed by atoms with Crippen LogP contribution in [0.1, 0.15) is 33.6 Å². The van der Waals surface area contributed by atoms with Gasteiger partial charge in [-0.15, -0.1) is 5.10 Å². The van der Waals surface area contributed by atoms with Gasteiger partial charge in [0.25, 0.3) is 0 Å². The summed E-state index contributed by atoms with van der Waals surface area (Å²) < 4.78 is 5.09. The van der Waals surface area contributed by atoms with Gasteiger partial charge in [-0.2, -0.15) is 5.10 Å². The number of nitrogens with one attached hydrogen (secondary N) is 1. The van der Waals surface area contributed by atoms with Crippen molar-refractivity contribution in [3.8, 4) is 0 Å². The lowest BCUT2D eigenvalue weighted by Gasteiger charge is -2.19. The number of carbonyl (C=O) groups is 2. The van der Waals surface area contributed by atoms with Gasteiger partial charge in [-0.05, 0) is 32.9 Å². The van der Waals surface area contributed by atoms with Crippen LogP contribution in [-0.2, 0) is 14.3 Å². The molecule has 98 valence electrons. The Hall–Kier alpha value is -1.98. The van der Waals surface area contributed by atoms with Crippen LogP contribution in [-0.4, -0.2) is 27.7 Å². The number of amides is 1. The molecule has 0 aliphatic heterocycles. The average molecular weight is 251 g/mol. The van der Waals surface area contributed by atoms with Gasteiger partial charge in [-0.25, -0.2) is 0 Å². The van der Waals surface area contributed by atoms with Gasteiger partial charge in [0.1, 0.15) is 5.60 Å². The molecule has 0 aliphatic rings. The van der Waals surface area contributed by atoms with Crippen LogP contribution in [0.3, 0.4) is 0 Å². The predicted octanol–water partition coefficient (Wildman–Crippen LogP) is 1.54. The summed E-state index contributed by atoms with van der Waals surface area (Å²) in [6.45, 7) is 5.35. The summed E-state index contributed by atoms with van der Waals surface area (Å²) in [6.07, 6.45) is 1.62. The van der Waals surface area contributed by atoms with Gasteiger partial charge in [0.15, 0.2) is 5.82 Å². The summed E-state index contributed by atoms with van der Waals surface area (Å²) in [5.41, 5.74) is -0.529. The number of ether oxygens (including phenoxy) is 1. The molecule has 0 aliphatic carbocycles. The summed E-state index contributed by atoms with van der Waals surface area (Å²) in [6, 6.07) is 3.29. The van der Waals surface area contributed by atoms with Gasteiger partial charge in [-0.1, -0.05) is 0 Å². The second-order valence-corrected chi connectivity index (χ2v) is 4.74. The molecule has 1 amide bonds. The largest absolute Gasteiger partial charge is 0.460 e. The van der Waals surface area contributed by atoms with Crippen molar-refractivity contribution in [2.24, 2.45) is 0 Å². The van der Waals surface area contributed by atoms with Crippen LogP contribution in [0.15, 0.2) is 18.3 Å². The molecule has 0 atom stereocenters. The minimum Gasteiger partial charge on any atom is -0.460 e. The van der Waals surface area contributed by atoms with E-state index >= 15 is 0 Å². The van der Waals surface area contributed by atoms with Crippen LogP contribution in [0.4, 0.5) is 5.82 Å². The number of hydrogen-bond donors (Lipinski definition) is 1. The van der Waals surface area contributed by atoms with Gasteiger partial charge in [-0.3, -0.25) is 9.59 Å². The number of hydrogen-bond acceptors (Lipinski definition) is 5. The third kappa shape index (κ3) is 5.93. The van der Waals surface area contributed by atoms with E-state index in [0.29, 0.717) is 5.82 Å². The van der Waals surface area contributed by atoms with Crippen molar-refractivity contribution in [2.45, 2.75) is 39.2 Å². The highest BCUT2D eigenvalue weighted by Crippen LogP contribution is 2.09. The molecule has 1 aromatic rings. The third-order valence-corrected chi connectivity index (χ3v) is 1.82. The molecular weight excluding hydrogens is 234 g/mol. The predicted molar refractivity (Wildman–Crippen MR) is 65.7 cm³/mol. The van der Waals surface area contributed by atoms with Gasteiger partial charge in [0, 0.05) is 12.6 Å². The number of aromatic nitrogens is 2. The second kappa shape index (κ2) is 6.09. The van der Waals surface area contributed by atoms with Crippen LogP contribution >= 0.6 is 0 Å². The molecular formula is C12H17N3O3. The number of rotatable bonds is 4. The van der Waals surface area contributed by atoms with E-state index in [1.54, 1.807) is 32.9 Å². The smallest absolute Gasteiger partial charge is 0.306 e. The van der Waals surface area contributed by atoms with Crippen molar-refractivity contribution < 1.29 is 14.3 Å². The van der Waals surface area contributed by atoms with Crippen LogP contribution in [0.5, 0.6) is 0 Å². The second-order valence-electron chi connectivity index (χ2n) is 4.74. The fraction of sp³-hybridized carbons (Fsp3) is 0.500. The highest BCUT2D eigenvalue weighted by Gasteiger charge is 2.17. The van der Waals surface area contributed by atoms with Crippen molar-refractivity contribution in [1.29, 1.82) is 0 Å². The Balaban J connectivity index is 2.32. The first-order chi connectivity index (χ1) is 8.37. The lowest BCUT2D eigenvalue weighted by Crippen LogP contribution is -2.24. The number of anilines is 1. The minimum atomic E-state index is -0.529. The van der Waals surface area contributed by atoms with E-state index in [9.17, 15) is 9.59 Å². The lowest BCUT2D eigenvalue weighted by molar-refractivity contribution is -0.155. The molecule has 6 heteroatoms. The highest BCUT2D eigenvalue weighted by atomic mass is 16.6. The van der Waals surface area contributed by atoms with E-state index in [2.05, 4.69) is 15.5 Å². The Bertz CT molecular complexity index is 412. The summed E-state index contributed by atoms with van der Waals surface area (Å²) in [5.74, 6) is -0.315. The lowest BCUT2D eigenvalue weighted by atomic mass is 10.2. The zero-order valence-electron chi connectivity index (χ0n) is 10.8. The maximum atomic E-state index is 11.5. The van der Waals surface area contributed by atoms with Crippen LogP contribution < -0.4 is 5.32 Å². The van der Waals surface area contributed by atoms with E-state index in [-0.39, 0.29) is 18.7 Å². The van der Waals surface area contributed by atoms with Crippen LogP contribution in [0.25, 0.3) is 0 Å². The fourth-order valence-electron chi connectivity index (χ4n) is 1.18. The fourth-order valence-corrected chi connectivity index (χ4v) is 1.18. The molecule has 6 nitrogen and oxygen atoms in total. The topological polar surface area (TPSA) is 81.2 Å². The minimum absolute atomic E-state index is 0.0450. The van der Waals surface area contributed by atoms with Gasteiger partial charge in [0.2, 0.25) is 5.91 Å². The molecule has 1 N–H and O–H groups in total. The molecule has 0 spiro atoms. The Morgan fingerprint density at radius 2 is 2.06 bits per heavy atom. The van der Waals surface area contributed by atoms with Crippen LogP contribution in [0.2, 0.25) is 0 Å². The first-order valence-corrected chi connectivity index (χ1v) is 5.66. The summed E-state index contributed by atoms with van der Waals surface area (Å²) in [5, 5.41) is 9.87. The van der Waals surface area contributed by atoms with Crippen LogP contribution in [0, 0.1) is 0 Å². The normalized spacial score (nSPS) is 10.8. The first kappa shape index (κ1) is 14.1. The Labute approximate surface area is 106 Å².